The van der Waals surface area contributed by atoms with Gasteiger partial charge >= 0.3 is 0 Å². The number of hydrogen-bond donors (Lipinski definition) is 1. The van der Waals surface area contributed by atoms with E-state index in [0.29, 0.717) is 18.4 Å². The Hall–Kier alpha value is 0.0700. The number of hydrogen-bond acceptors (Lipinski definition) is 3. The predicted octanol–water partition coefficient (Wildman–Crippen LogP) is 2.54. The first-order valence-electron chi connectivity index (χ1n) is 6.80. The summed E-state index contributed by atoms with van der Waals surface area (Å²) in [5, 5.41) is 3.27. The summed E-state index contributed by atoms with van der Waals surface area (Å²) in [5.41, 5.74) is 0. The molecule has 0 aliphatic carbocycles. The molecule has 108 valence electrons. The molecular weight excluding hydrogens is 268 g/mol. The maximum Gasteiger partial charge on any atom is 0.223 e. The summed E-state index contributed by atoms with van der Waals surface area (Å²) in [6, 6.07) is 0.500. The fraction of sp³-hybridized carbons (Fsp3) is 0.923. The van der Waals surface area contributed by atoms with E-state index in [-0.39, 0.29) is 12.4 Å². The molecule has 1 saturated heterocycles. The maximum absolute atomic E-state index is 12.0. The van der Waals surface area contributed by atoms with Crippen molar-refractivity contribution in [2.24, 2.45) is 0 Å². The molecule has 1 N–H and O–H groups in total. The van der Waals surface area contributed by atoms with Gasteiger partial charge in [0.25, 0.3) is 0 Å². The van der Waals surface area contributed by atoms with Crippen LogP contribution in [0.4, 0.5) is 0 Å². The van der Waals surface area contributed by atoms with Crippen molar-refractivity contribution >= 4 is 30.1 Å². The highest BCUT2D eigenvalue weighted by molar-refractivity contribution is 7.99. The first-order chi connectivity index (χ1) is 8.27. The highest BCUT2D eigenvalue weighted by Gasteiger charge is 2.21. The topological polar surface area (TPSA) is 32.3 Å². The van der Waals surface area contributed by atoms with Gasteiger partial charge in [-0.15, -0.1) is 12.4 Å². The minimum Gasteiger partial charge on any atom is -0.341 e. The highest BCUT2D eigenvalue weighted by Crippen LogP contribution is 2.13. The number of likely N-dealkylation sites (tertiary alicyclic amines) is 1. The van der Waals surface area contributed by atoms with Gasteiger partial charge in [-0.05, 0) is 32.1 Å². The van der Waals surface area contributed by atoms with E-state index in [0.717, 1.165) is 25.3 Å². The van der Waals surface area contributed by atoms with Gasteiger partial charge in [-0.1, -0.05) is 13.3 Å². The molecule has 1 fully saturated rings. The van der Waals surface area contributed by atoms with Gasteiger partial charge in [0.2, 0.25) is 5.91 Å². The molecule has 0 spiro atoms. The SMILES string of the molecule is CCCCSCCC(=O)N1CCCC(NC)C1.Cl. The first kappa shape index (κ1) is 18.1. The van der Waals surface area contributed by atoms with Crippen molar-refractivity contribution < 1.29 is 4.79 Å². The lowest BCUT2D eigenvalue weighted by atomic mass is 10.1. The Bertz CT molecular complexity index is 229. The fourth-order valence-corrected chi connectivity index (χ4v) is 3.12. The number of thioether (sulfide) groups is 1. The molecule has 1 aliphatic heterocycles. The largest absolute Gasteiger partial charge is 0.341 e. The zero-order valence-electron chi connectivity index (χ0n) is 11.6. The number of piperidine rings is 1. The van der Waals surface area contributed by atoms with E-state index in [9.17, 15) is 4.79 Å². The molecular formula is C13H27ClN2OS. The third-order valence-electron chi connectivity index (χ3n) is 3.28. The summed E-state index contributed by atoms with van der Waals surface area (Å²) in [5.74, 6) is 2.52. The fourth-order valence-electron chi connectivity index (χ4n) is 2.11. The summed E-state index contributed by atoms with van der Waals surface area (Å²) >= 11 is 1.91. The number of carbonyl (C=O) groups excluding carboxylic acids is 1. The van der Waals surface area contributed by atoms with E-state index in [2.05, 4.69) is 12.2 Å². The molecule has 0 radical (unpaired) electrons. The van der Waals surface area contributed by atoms with Crippen LogP contribution in [0.15, 0.2) is 0 Å². The van der Waals surface area contributed by atoms with Crippen LogP contribution in [0, 0.1) is 0 Å². The number of amides is 1. The molecule has 1 rings (SSSR count). The number of rotatable bonds is 7. The van der Waals surface area contributed by atoms with Gasteiger partial charge in [0, 0.05) is 31.3 Å². The van der Waals surface area contributed by atoms with E-state index < -0.39 is 0 Å². The molecule has 1 aliphatic rings. The smallest absolute Gasteiger partial charge is 0.223 e. The highest BCUT2D eigenvalue weighted by atomic mass is 35.5. The lowest BCUT2D eigenvalue weighted by Crippen LogP contribution is -2.47. The van der Waals surface area contributed by atoms with E-state index in [1.165, 1.54) is 25.0 Å². The van der Waals surface area contributed by atoms with Crippen molar-refractivity contribution in [2.75, 3.05) is 31.6 Å². The summed E-state index contributed by atoms with van der Waals surface area (Å²) < 4.78 is 0. The molecule has 0 saturated carbocycles. The second-order valence-electron chi connectivity index (χ2n) is 4.68. The maximum atomic E-state index is 12.0. The molecule has 1 atom stereocenters. The third-order valence-corrected chi connectivity index (χ3v) is 4.35. The van der Waals surface area contributed by atoms with Crippen LogP contribution in [0.5, 0.6) is 0 Å². The number of nitrogens with zero attached hydrogens (tertiary/aromatic N) is 1. The summed E-state index contributed by atoms with van der Waals surface area (Å²) in [6.07, 6.45) is 5.57. The van der Waals surface area contributed by atoms with E-state index >= 15 is 0 Å². The van der Waals surface area contributed by atoms with Crippen LogP contribution in [0.3, 0.4) is 0 Å². The van der Waals surface area contributed by atoms with Crippen LogP contribution in [-0.4, -0.2) is 48.5 Å². The molecule has 3 nitrogen and oxygen atoms in total. The van der Waals surface area contributed by atoms with E-state index in [4.69, 9.17) is 0 Å². The lowest BCUT2D eigenvalue weighted by Gasteiger charge is -2.32. The van der Waals surface area contributed by atoms with Crippen LogP contribution < -0.4 is 5.32 Å². The molecule has 0 aromatic rings. The van der Waals surface area contributed by atoms with Gasteiger partial charge in [-0.2, -0.15) is 11.8 Å². The van der Waals surface area contributed by atoms with Crippen LogP contribution in [0.2, 0.25) is 0 Å². The Kier molecular flexibility index (Phi) is 11.0. The van der Waals surface area contributed by atoms with E-state index in [1.54, 1.807) is 0 Å². The normalized spacial score (nSPS) is 19.4. The summed E-state index contributed by atoms with van der Waals surface area (Å²) in [6.45, 7) is 4.06. The van der Waals surface area contributed by atoms with Crippen molar-refractivity contribution in [3.05, 3.63) is 0 Å². The van der Waals surface area contributed by atoms with Crippen LogP contribution >= 0.6 is 24.2 Å². The van der Waals surface area contributed by atoms with Gasteiger partial charge in [-0.25, -0.2) is 0 Å². The van der Waals surface area contributed by atoms with Crippen molar-refractivity contribution in [2.45, 2.75) is 45.1 Å². The quantitative estimate of drug-likeness (QED) is 0.733. The van der Waals surface area contributed by atoms with Crippen LogP contribution in [-0.2, 0) is 4.79 Å². The molecule has 1 heterocycles. The van der Waals surface area contributed by atoms with Crippen molar-refractivity contribution in [3.63, 3.8) is 0 Å². The van der Waals surface area contributed by atoms with Crippen molar-refractivity contribution in [1.29, 1.82) is 0 Å². The molecule has 0 aromatic carbocycles. The average Bonchev–Trinajstić information content (AvgIpc) is 2.38. The lowest BCUT2D eigenvalue weighted by molar-refractivity contribution is -0.132. The first-order valence-corrected chi connectivity index (χ1v) is 7.96. The predicted molar refractivity (Wildman–Crippen MR) is 82.8 cm³/mol. The van der Waals surface area contributed by atoms with Crippen molar-refractivity contribution in [1.82, 2.24) is 10.2 Å². The minimum atomic E-state index is 0. The van der Waals surface area contributed by atoms with E-state index in [1.807, 2.05) is 23.7 Å². The molecule has 0 aromatic heterocycles. The molecule has 1 amide bonds. The third kappa shape index (κ3) is 6.86. The zero-order chi connectivity index (χ0) is 12.5. The monoisotopic (exact) mass is 294 g/mol. The second kappa shape index (κ2) is 10.9. The standard InChI is InChI=1S/C13H26N2OS.ClH/c1-3-4-9-17-10-7-13(16)15-8-5-6-12(11-15)14-2;/h12,14H,3-11H2,1-2H3;1H. The second-order valence-corrected chi connectivity index (χ2v) is 5.91. The minimum absolute atomic E-state index is 0. The van der Waals surface area contributed by atoms with Gasteiger partial charge in [0.15, 0.2) is 0 Å². The van der Waals surface area contributed by atoms with Gasteiger partial charge in [0.05, 0.1) is 0 Å². The Morgan fingerprint density at radius 1 is 1.44 bits per heavy atom. The number of carbonyl (C=O) groups is 1. The summed E-state index contributed by atoms with van der Waals surface area (Å²) in [7, 11) is 1.99. The number of likely N-dealkylation sites (N-methyl/N-ethyl adjacent to an activating group) is 1. The Morgan fingerprint density at radius 2 is 2.22 bits per heavy atom. The van der Waals surface area contributed by atoms with Crippen LogP contribution in [0.25, 0.3) is 0 Å². The van der Waals surface area contributed by atoms with Crippen molar-refractivity contribution in [3.8, 4) is 0 Å². The molecule has 5 heteroatoms. The van der Waals surface area contributed by atoms with Crippen LogP contribution in [0.1, 0.15) is 39.0 Å². The zero-order valence-corrected chi connectivity index (χ0v) is 13.2. The van der Waals surface area contributed by atoms with Gasteiger partial charge < -0.3 is 10.2 Å². The summed E-state index contributed by atoms with van der Waals surface area (Å²) in [4.78, 5) is 14.0. The average molecular weight is 295 g/mol. The van der Waals surface area contributed by atoms with Gasteiger partial charge in [0.1, 0.15) is 0 Å². The Labute approximate surface area is 122 Å². The Balaban J connectivity index is 0.00000289. The Morgan fingerprint density at radius 3 is 2.89 bits per heavy atom. The number of halogens is 1. The number of nitrogens with one attached hydrogen (secondary N) is 1. The number of unbranched alkanes of at least 4 members (excludes halogenated alkanes) is 1. The van der Waals surface area contributed by atoms with Gasteiger partial charge in [-0.3, -0.25) is 4.79 Å². The molecule has 0 bridgehead atoms. The molecule has 18 heavy (non-hydrogen) atoms. The molecule has 1 unspecified atom stereocenters.